The van der Waals surface area contributed by atoms with E-state index in [4.69, 9.17) is 0 Å². The molecular weight excluding hydrogens is 244 g/mol. The summed E-state index contributed by atoms with van der Waals surface area (Å²) in [5, 5.41) is 3.63. The van der Waals surface area contributed by atoms with Crippen LogP contribution in [-0.4, -0.2) is 19.1 Å². The monoisotopic (exact) mass is 274 g/mol. The number of hydrogen-bond donors (Lipinski definition) is 1. The molecule has 0 amide bonds. The van der Waals surface area contributed by atoms with E-state index >= 15 is 0 Å². The summed E-state index contributed by atoms with van der Waals surface area (Å²) in [6.07, 6.45) is 3.96. The third kappa shape index (κ3) is 3.76. The van der Waals surface area contributed by atoms with E-state index in [1.54, 1.807) is 0 Å². The first-order chi connectivity index (χ1) is 9.67. The van der Waals surface area contributed by atoms with E-state index in [1.165, 1.54) is 30.6 Å². The normalized spacial score (nSPS) is 16.4. The van der Waals surface area contributed by atoms with Gasteiger partial charge in [-0.2, -0.15) is 0 Å². The quantitative estimate of drug-likeness (QED) is 0.757. The van der Waals surface area contributed by atoms with Crippen molar-refractivity contribution in [1.29, 1.82) is 0 Å². The van der Waals surface area contributed by atoms with Crippen LogP contribution in [0.2, 0.25) is 0 Å². The zero-order valence-corrected chi connectivity index (χ0v) is 13.5. The van der Waals surface area contributed by atoms with Gasteiger partial charge in [0.25, 0.3) is 0 Å². The van der Waals surface area contributed by atoms with E-state index in [0.29, 0.717) is 12.1 Å². The first kappa shape index (κ1) is 15.4. The van der Waals surface area contributed by atoms with Crippen LogP contribution >= 0.6 is 0 Å². The molecule has 1 unspecified atom stereocenters. The lowest BCUT2D eigenvalue weighted by molar-refractivity contribution is 0.532. The van der Waals surface area contributed by atoms with Crippen LogP contribution in [0.3, 0.4) is 0 Å². The largest absolute Gasteiger partial charge is 0.369 e. The number of hydrogen-bond acceptors (Lipinski definition) is 2. The Morgan fingerprint density at radius 2 is 1.90 bits per heavy atom. The molecule has 2 rings (SSSR count). The van der Waals surface area contributed by atoms with E-state index in [2.05, 4.69) is 62.2 Å². The van der Waals surface area contributed by atoms with Crippen molar-refractivity contribution in [3.8, 4) is 0 Å². The average Bonchev–Trinajstić information content (AvgIpc) is 3.26. The number of nitrogens with one attached hydrogen (secondary N) is 1. The summed E-state index contributed by atoms with van der Waals surface area (Å²) in [7, 11) is 0. The van der Waals surface area contributed by atoms with E-state index in [9.17, 15) is 0 Å². The van der Waals surface area contributed by atoms with Gasteiger partial charge >= 0.3 is 0 Å². The van der Waals surface area contributed by atoms with Gasteiger partial charge in [-0.05, 0) is 57.2 Å². The summed E-state index contributed by atoms with van der Waals surface area (Å²) in [5.74, 6) is 0.921. The Bertz CT molecular complexity index is 410. The fourth-order valence-electron chi connectivity index (χ4n) is 2.93. The Morgan fingerprint density at radius 3 is 2.45 bits per heavy atom. The smallest absolute Gasteiger partial charge is 0.0417 e. The number of benzene rings is 1. The third-order valence-corrected chi connectivity index (χ3v) is 4.26. The molecule has 1 aromatic carbocycles. The summed E-state index contributed by atoms with van der Waals surface area (Å²) in [4.78, 5) is 2.60. The Labute approximate surface area is 124 Å². The van der Waals surface area contributed by atoms with Crippen LogP contribution in [0.4, 0.5) is 5.69 Å². The summed E-state index contributed by atoms with van der Waals surface area (Å²) >= 11 is 0. The van der Waals surface area contributed by atoms with Crippen molar-refractivity contribution in [1.82, 2.24) is 5.32 Å². The predicted octanol–water partition coefficient (Wildman–Crippen LogP) is 4.37. The second kappa shape index (κ2) is 7.12. The topological polar surface area (TPSA) is 15.3 Å². The number of anilines is 1. The van der Waals surface area contributed by atoms with E-state index < -0.39 is 0 Å². The molecule has 0 aliphatic heterocycles. The molecule has 1 aliphatic rings. The lowest BCUT2D eigenvalue weighted by Crippen LogP contribution is -2.34. The van der Waals surface area contributed by atoms with E-state index in [1.807, 2.05) is 0 Å². The first-order valence-electron chi connectivity index (χ1n) is 8.26. The van der Waals surface area contributed by atoms with Gasteiger partial charge in [0.1, 0.15) is 0 Å². The van der Waals surface area contributed by atoms with Crippen molar-refractivity contribution in [3.05, 3.63) is 29.8 Å². The number of para-hydroxylation sites is 1. The van der Waals surface area contributed by atoms with Gasteiger partial charge in [0, 0.05) is 24.3 Å². The molecule has 2 heteroatoms. The maximum Gasteiger partial charge on any atom is 0.0417 e. The number of nitrogens with zero attached hydrogens (tertiary/aromatic N) is 1. The second-order valence-electron chi connectivity index (χ2n) is 6.27. The molecule has 1 aromatic rings. The standard InChI is InChI=1S/C18H30N2/c1-5-17(19-6-2)16-9-7-8-10-18(16)20(14(3)4)13-15-11-12-15/h7-10,14-15,17,19H,5-6,11-13H2,1-4H3. The maximum atomic E-state index is 3.63. The lowest BCUT2D eigenvalue weighted by Gasteiger charge is -2.33. The Morgan fingerprint density at radius 1 is 1.20 bits per heavy atom. The predicted molar refractivity (Wildman–Crippen MR) is 88.4 cm³/mol. The van der Waals surface area contributed by atoms with E-state index in [0.717, 1.165) is 18.9 Å². The van der Waals surface area contributed by atoms with Crippen molar-refractivity contribution in [2.75, 3.05) is 18.0 Å². The molecule has 1 aliphatic carbocycles. The van der Waals surface area contributed by atoms with Crippen molar-refractivity contribution in [2.24, 2.45) is 5.92 Å². The molecule has 0 saturated heterocycles. The molecule has 2 nitrogen and oxygen atoms in total. The summed E-state index contributed by atoms with van der Waals surface area (Å²) in [6.45, 7) is 11.3. The fraction of sp³-hybridized carbons (Fsp3) is 0.667. The van der Waals surface area contributed by atoms with Crippen LogP contribution in [0.25, 0.3) is 0 Å². The van der Waals surface area contributed by atoms with Crippen LogP contribution in [0.5, 0.6) is 0 Å². The highest BCUT2D eigenvalue weighted by Crippen LogP contribution is 2.35. The Balaban J connectivity index is 2.27. The molecular formula is C18H30N2. The van der Waals surface area contributed by atoms with Gasteiger partial charge in [0.05, 0.1) is 0 Å². The third-order valence-electron chi connectivity index (χ3n) is 4.26. The summed E-state index contributed by atoms with van der Waals surface area (Å²) in [5.41, 5.74) is 2.90. The Hall–Kier alpha value is -1.02. The minimum absolute atomic E-state index is 0.469. The van der Waals surface area contributed by atoms with Gasteiger partial charge in [0.15, 0.2) is 0 Å². The van der Waals surface area contributed by atoms with Gasteiger partial charge in [-0.15, -0.1) is 0 Å². The molecule has 1 N–H and O–H groups in total. The highest BCUT2D eigenvalue weighted by Gasteiger charge is 2.27. The molecule has 1 atom stereocenters. The number of rotatable bonds is 8. The van der Waals surface area contributed by atoms with Crippen molar-refractivity contribution in [3.63, 3.8) is 0 Å². The molecule has 0 aromatic heterocycles. The summed E-state index contributed by atoms with van der Waals surface area (Å²) < 4.78 is 0. The van der Waals surface area contributed by atoms with Crippen LogP contribution < -0.4 is 10.2 Å². The molecule has 0 heterocycles. The molecule has 0 spiro atoms. The van der Waals surface area contributed by atoms with Gasteiger partial charge in [-0.25, -0.2) is 0 Å². The van der Waals surface area contributed by atoms with Crippen LogP contribution in [0, 0.1) is 5.92 Å². The molecule has 0 bridgehead atoms. The average molecular weight is 274 g/mol. The highest BCUT2D eigenvalue weighted by atomic mass is 15.2. The van der Waals surface area contributed by atoms with Crippen LogP contribution in [-0.2, 0) is 0 Å². The molecule has 112 valence electrons. The fourth-order valence-corrected chi connectivity index (χ4v) is 2.93. The van der Waals surface area contributed by atoms with Gasteiger partial charge < -0.3 is 10.2 Å². The minimum Gasteiger partial charge on any atom is -0.369 e. The van der Waals surface area contributed by atoms with Gasteiger partial charge in [-0.3, -0.25) is 0 Å². The zero-order valence-electron chi connectivity index (χ0n) is 13.5. The second-order valence-corrected chi connectivity index (χ2v) is 6.27. The Kier molecular flexibility index (Phi) is 5.47. The zero-order chi connectivity index (χ0) is 14.5. The minimum atomic E-state index is 0.469. The first-order valence-corrected chi connectivity index (χ1v) is 8.26. The van der Waals surface area contributed by atoms with Crippen molar-refractivity contribution >= 4 is 5.69 Å². The van der Waals surface area contributed by atoms with Crippen molar-refractivity contribution in [2.45, 2.75) is 59.0 Å². The molecule has 20 heavy (non-hydrogen) atoms. The van der Waals surface area contributed by atoms with Crippen LogP contribution in [0.1, 0.15) is 58.6 Å². The lowest BCUT2D eigenvalue weighted by atomic mass is 10.0. The molecule has 1 saturated carbocycles. The molecule has 0 radical (unpaired) electrons. The van der Waals surface area contributed by atoms with Gasteiger partial charge in [-0.1, -0.05) is 32.0 Å². The van der Waals surface area contributed by atoms with Crippen LogP contribution in [0.15, 0.2) is 24.3 Å². The highest BCUT2D eigenvalue weighted by molar-refractivity contribution is 5.56. The van der Waals surface area contributed by atoms with Gasteiger partial charge in [0.2, 0.25) is 0 Å². The SMILES string of the molecule is CCNC(CC)c1ccccc1N(CC1CC1)C(C)C. The molecule has 1 fully saturated rings. The summed E-state index contributed by atoms with van der Waals surface area (Å²) in [6, 6.07) is 9.99. The van der Waals surface area contributed by atoms with E-state index in [-0.39, 0.29) is 0 Å². The van der Waals surface area contributed by atoms with Crippen molar-refractivity contribution < 1.29 is 0 Å². The maximum absolute atomic E-state index is 3.63.